The standard InChI is InChI=1S/C12H16FNO3/c1-3-14(8-12(15)16)7-9-4-5-11(17-2)10(13)6-9/h4-6H,3,7-8H2,1-2H3,(H,15,16). The molecule has 0 saturated carbocycles. The predicted molar refractivity (Wildman–Crippen MR) is 61.5 cm³/mol. The molecule has 0 spiro atoms. The third-order valence-corrected chi connectivity index (χ3v) is 2.43. The van der Waals surface area contributed by atoms with E-state index in [0.29, 0.717) is 13.1 Å². The van der Waals surface area contributed by atoms with Gasteiger partial charge < -0.3 is 9.84 Å². The Morgan fingerprint density at radius 3 is 2.71 bits per heavy atom. The van der Waals surface area contributed by atoms with E-state index in [-0.39, 0.29) is 12.3 Å². The molecule has 1 rings (SSSR count). The van der Waals surface area contributed by atoms with Crippen LogP contribution in [0.25, 0.3) is 0 Å². The van der Waals surface area contributed by atoms with Crippen LogP contribution in [0.3, 0.4) is 0 Å². The van der Waals surface area contributed by atoms with Gasteiger partial charge in [0, 0.05) is 6.54 Å². The summed E-state index contributed by atoms with van der Waals surface area (Å²) in [6.45, 7) is 2.82. The minimum atomic E-state index is -0.888. The number of hydrogen-bond acceptors (Lipinski definition) is 3. The smallest absolute Gasteiger partial charge is 0.317 e. The van der Waals surface area contributed by atoms with Gasteiger partial charge in [-0.15, -0.1) is 0 Å². The average molecular weight is 241 g/mol. The number of benzene rings is 1. The van der Waals surface area contributed by atoms with Crippen molar-refractivity contribution in [3.8, 4) is 5.75 Å². The lowest BCUT2D eigenvalue weighted by Gasteiger charge is -2.18. The fraction of sp³-hybridized carbons (Fsp3) is 0.417. The van der Waals surface area contributed by atoms with E-state index < -0.39 is 11.8 Å². The number of nitrogens with zero attached hydrogens (tertiary/aromatic N) is 1. The van der Waals surface area contributed by atoms with Crippen LogP contribution in [0.5, 0.6) is 5.75 Å². The van der Waals surface area contributed by atoms with Crippen molar-refractivity contribution in [2.24, 2.45) is 0 Å². The number of hydrogen-bond donors (Lipinski definition) is 1. The molecule has 0 aromatic heterocycles. The Kier molecular flexibility index (Phi) is 4.90. The van der Waals surface area contributed by atoms with Gasteiger partial charge in [-0.1, -0.05) is 13.0 Å². The normalized spacial score (nSPS) is 10.6. The topological polar surface area (TPSA) is 49.8 Å². The van der Waals surface area contributed by atoms with Gasteiger partial charge in [0.05, 0.1) is 13.7 Å². The van der Waals surface area contributed by atoms with E-state index in [9.17, 15) is 9.18 Å². The number of rotatable bonds is 6. The average Bonchev–Trinajstić information content (AvgIpc) is 2.27. The highest BCUT2D eigenvalue weighted by atomic mass is 19.1. The summed E-state index contributed by atoms with van der Waals surface area (Å²) in [6, 6.07) is 4.63. The van der Waals surface area contributed by atoms with Crippen LogP contribution in [0, 0.1) is 5.82 Å². The molecule has 0 unspecified atom stereocenters. The van der Waals surface area contributed by atoms with Crippen LogP contribution in [0.2, 0.25) is 0 Å². The number of halogens is 1. The van der Waals surface area contributed by atoms with E-state index in [1.807, 2.05) is 6.92 Å². The Morgan fingerprint density at radius 2 is 2.24 bits per heavy atom. The fourth-order valence-electron chi connectivity index (χ4n) is 1.54. The lowest BCUT2D eigenvalue weighted by Crippen LogP contribution is -2.29. The van der Waals surface area contributed by atoms with Crippen molar-refractivity contribution >= 4 is 5.97 Å². The van der Waals surface area contributed by atoms with Crippen molar-refractivity contribution in [2.45, 2.75) is 13.5 Å². The zero-order valence-electron chi connectivity index (χ0n) is 9.94. The molecule has 4 nitrogen and oxygen atoms in total. The quantitative estimate of drug-likeness (QED) is 0.824. The Hall–Kier alpha value is -1.62. The molecule has 5 heteroatoms. The molecule has 0 radical (unpaired) electrons. The van der Waals surface area contributed by atoms with E-state index >= 15 is 0 Å². The largest absolute Gasteiger partial charge is 0.494 e. The van der Waals surface area contributed by atoms with E-state index in [1.165, 1.54) is 13.2 Å². The number of ether oxygens (including phenoxy) is 1. The molecule has 0 aliphatic carbocycles. The molecule has 0 aliphatic heterocycles. The number of carbonyl (C=O) groups is 1. The summed E-state index contributed by atoms with van der Waals surface area (Å²) in [5.74, 6) is -1.13. The summed E-state index contributed by atoms with van der Waals surface area (Å²) in [5, 5.41) is 8.69. The van der Waals surface area contributed by atoms with Crippen LogP contribution in [0.1, 0.15) is 12.5 Å². The Morgan fingerprint density at radius 1 is 1.53 bits per heavy atom. The van der Waals surface area contributed by atoms with Crippen LogP contribution >= 0.6 is 0 Å². The first-order valence-corrected chi connectivity index (χ1v) is 5.33. The summed E-state index contributed by atoms with van der Waals surface area (Å²) in [4.78, 5) is 12.3. The highest BCUT2D eigenvalue weighted by Gasteiger charge is 2.10. The van der Waals surface area contributed by atoms with Crippen LogP contribution in [-0.4, -0.2) is 36.2 Å². The molecule has 0 aliphatic rings. The summed E-state index contributed by atoms with van der Waals surface area (Å²) in [5.41, 5.74) is 0.728. The number of carboxylic acid groups (broad SMARTS) is 1. The van der Waals surface area contributed by atoms with Gasteiger partial charge in [-0.3, -0.25) is 9.69 Å². The van der Waals surface area contributed by atoms with Crippen LogP contribution in [-0.2, 0) is 11.3 Å². The molecule has 94 valence electrons. The Balaban J connectivity index is 2.73. The summed E-state index contributed by atoms with van der Waals surface area (Å²) in [7, 11) is 1.40. The molecule has 17 heavy (non-hydrogen) atoms. The van der Waals surface area contributed by atoms with Gasteiger partial charge in [0.2, 0.25) is 0 Å². The Labute approximate surface area is 99.6 Å². The van der Waals surface area contributed by atoms with Crippen LogP contribution in [0.15, 0.2) is 18.2 Å². The highest BCUT2D eigenvalue weighted by Crippen LogP contribution is 2.18. The second-order valence-electron chi connectivity index (χ2n) is 3.67. The first kappa shape index (κ1) is 13.4. The van der Waals surface area contributed by atoms with Gasteiger partial charge in [-0.05, 0) is 24.2 Å². The van der Waals surface area contributed by atoms with Crippen LogP contribution < -0.4 is 4.74 Å². The molecule has 0 atom stereocenters. The molecule has 1 N–H and O–H groups in total. The Bertz CT molecular complexity index is 395. The van der Waals surface area contributed by atoms with Crippen molar-refractivity contribution < 1.29 is 19.0 Å². The third kappa shape index (κ3) is 4.03. The summed E-state index contributed by atoms with van der Waals surface area (Å²) < 4.78 is 18.2. The predicted octanol–water partition coefficient (Wildman–Crippen LogP) is 1.74. The maximum atomic E-state index is 13.4. The van der Waals surface area contributed by atoms with Gasteiger partial charge in [0.15, 0.2) is 11.6 Å². The van der Waals surface area contributed by atoms with E-state index in [0.717, 1.165) is 5.56 Å². The fourth-order valence-corrected chi connectivity index (χ4v) is 1.54. The summed E-state index contributed by atoms with van der Waals surface area (Å²) in [6.07, 6.45) is 0. The molecular weight excluding hydrogens is 225 g/mol. The molecular formula is C12H16FNO3. The van der Waals surface area contributed by atoms with E-state index in [1.54, 1.807) is 17.0 Å². The van der Waals surface area contributed by atoms with Gasteiger partial charge in [-0.2, -0.15) is 0 Å². The van der Waals surface area contributed by atoms with Gasteiger partial charge in [-0.25, -0.2) is 4.39 Å². The first-order valence-electron chi connectivity index (χ1n) is 5.33. The van der Waals surface area contributed by atoms with Crippen LogP contribution in [0.4, 0.5) is 4.39 Å². The van der Waals surface area contributed by atoms with Crippen molar-refractivity contribution in [1.29, 1.82) is 0 Å². The summed E-state index contributed by atoms with van der Waals surface area (Å²) >= 11 is 0. The zero-order valence-corrected chi connectivity index (χ0v) is 9.94. The van der Waals surface area contributed by atoms with Crippen molar-refractivity contribution in [3.63, 3.8) is 0 Å². The third-order valence-electron chi connectivity index (χ3n) is 2.43. The maximum absolute atomic E-state index is 13.4. The zero-order chi connectivity index (χ0) is 12.8. The molecule has 0 amide bonds. The van der Waals surface area contributed by atoms with E-state index in [2.05, 4.69) is 0 Å². The number of carboxylic acids is 1. The van der Waals surface area contributed by atoms with Gasteiger partial charge >= 0.3 is 5.97 Å². The molecule has 0 fully saturated rings. The SMILES string of the molecule is CCN(CC(=O)O)Cc1ccc(OC)c(F)c1. The molecule has 0 saturated heterocycles. The first-order chi connectivity index (χ1) is 8.06. The second kappa shape index (κ2) is 6.20. The highest BCUT2D eigenvalue weighted by molar-refractivity contribution is 5.69. The molecule has 0 heterocycles. The van der Waals surface area contributed by atoms with Crippen molar-refractivity contribution in [3.05, 3.63) is 29.6 Å². The van der Waals surface area contributed by atoms with E-state index in [4.69, 9.17) is 9.84 Å². The van der Waals surface area contributed by atoms with Gasteiger partial charge in [0.1, 0.15) is 0 Å². The minimum Gasteiger partial charge on any atom is -0.494 e. The number of likely N-dealkylation sites (N-methyl/N-ethyl adjacent to an activating group) is 1. The lowest BCUT2D eigenvalue weighted by atomic mass is 10.2. The molecule has 1 aromatic rings. The molecule has 1 aromatic carbocycles. The van der Waals surface area contributed by atoms with Crippen molar-refractivity contribution in [2.75, 3.05) is 20.2 Å². The molecule has 0 bridgehead atoms. The number of aliphatic carboxylic acids is 1. The van der Waals surface area contributed by atoms with Gasteiger partial charge in [0.25, 0.3) is 0 Å². The monoisotopic (exact) mass is 241 g/mol. The second-order valence-corrected chi connectivity index (χ2v) is 3.67. The van der Waals surface area contributed by atoms with Crippen molar-refractivity contribution in [1.82, 2.24) is 4.90 Å². The number of methoxy groups -OCH3 is 1. The lowest BCUT2D eigenvalue weighted by molar-refractivity contribution is -0.138. The maximum Gasteiger partial charge on any atom is 0.317 e. The minimum absolute atomic E-state index is 0.0514.